The van der Waals surface area contributed by atoms with Crippen molar-refractivity contribution in [2.45, 2.75) is 26.2 Å². The number of hydrogen-bond donors (Lipinski definition) is 0. The second-order valence-corrected chi connectivity index (χ2v) is 5.76. The van der Waals surface area contributed by atoms with E-state index in [2.05, 4.69) is 11.7 Å². The third kappa shape index (κ3) is 6.24. The summed E-state index contributed by atoms with van der Waals surface area (Å²) in [5.41, 5.74) is 2.50. The normalized spacial score (nSPS) is 10.2. The fourth-order valence-corrected chi connectivity index (χ4v) is 2.40. The molecule has 138 valence electrons. The zero-order valence-electron chi connectivity index (χ0n) is 15.0. The molecule has 0 aromatic heterocycles. The van der Waals surface area contributed by atoms with E-state index in [-0.39, 0.29) is 13.2 Å². The van der Waals surface area contributed by atoms with Gasteiger partial charge in [-0.2, -0.15) is 0 Å². The van der Waals surface area contributed by atoms with Crippen LogP contribution in [0.25, 0.3) is 11.1 Å². The van der Waals surface area contributed by atoms with Gasteiger partial charge >= 0.3 is 5.97 Å². The lowest BCUT2D eigenvalue weighted by Crippen LogP contribution is -2.10. The lowest BCUT2D eigenvalue weighted by molar-refractivity contribution is -0.129. The van der Waals surface area contributed by atoms with Gasteiger partial charge < -0.3 is 14.2 Å². The first-order valence-corrected chi connectivity index (χ1v) is 8.80. The Morgan fingerprint density at radius 2 is 1.54 bits per heavy atom. The van der Waals surface area contributed by atoms with Gasteiger partial charge in [0.05, 0.1) is 12.2 Å². The number of esters is 1. The van der Waals surface area contributed by atoms with Gasteiger partial charge in [0, 0.05) is 0 Å². The molecule has 2 aromatic rings. The number of ether oxygens (including phenoxy) is 3. The molecular formula is C21H24O5. The van der Waals surface area contributed by atoms with Crippen LogP contribution in [0, 0.1) is 0 Å². The molecule has 0 unspecified atom stereocenters. The average molecular weight is 356 g/mol. The summed E-state index contributed by atoms with van der Waals surface area (Å²) >= 11 is 0. The van der Waals surface area contributed by atoms with Crippen molar-refractivity contribution < 1.29 is 23.8 Å². The van der Waals surface area contributed by atoms with Gasteiger partial charge in [-0.05, 0) is 41.8 Å². The van der Waals surface area contributed by atoms with Gasteiger partial charge in [0.2, 0.25) is 0 Å². The summed E-state index contributed by atoms with van der Waals surface area (Å²) in [7, 11) is 0. The van der Waals surface area contributed by atoms with Crippen LogP contribution in [0.5, 0.6) is 5.75 Å². The van der Waals surface area contributed by atoms with Crippen LogP contribution >= 0.6 is 0 Å². The van der Waals surface area contributed by atoms with Crippen molar-refractivity contribution >= 4 is 12.4 Å². The number of benzene rings is 2. The first kappa shape index (κ1) is 19.5. The summed E-state index contributed by atoms with van der Waals surface area (Å²) in [6.07, 6.45) is 3.42. The summed E-state index contributed by atoms with van der Waals surface area (Å²) in [6.45, 7) is 3.33. The molecule has 0 fully saturated rings. The Kier molecular flexibility index (Phi) is 8.19. The number of hydrogen-bond acceptors (Lipinski definition) is 5. The molecule has 0 aliphatic rings. The van der Waals surface area contributed by atoms with Crippen LogP contribution in [-0.2, 0) is 14.3 Å². The van der Waals surface area contributed by atoms with Crippen LogP contribution in [0.4, 0.5) is 0 Å². The van der Waals surface area contributed by atoms with Gasteiger partial charge in [-0.3, -0.25) is 4.79 Å². The van der Waals surface area contributed by atoms with Crippen molar-refractivity contribution in [3.05, 3.63) is 54.1 Å². The van der Waals surface area contributed by atoms with Crippen molar-refractivity contribution in [2.75, 3.05) is 19.8 Å². The SMILES string of the molecule is CCCCCOc1ccc(-c2ccc(C(=O)OCCOC=O)cc2)cc1. The lowest BCUT2D eigenvalue weighted by Gasteiger charge is -2.08. The first-order chi connectivity index (χ1) is 12.7. The summed E-state index contributed by atoms with van der Waals surface area (Å²) in [5, 5.41) is 0. The molecule has 0 heterocycles. The fourth-order valence-electron chi connectivity index (χ4n) is 2.40. The van der Waals surface area contributed by atoms with Gasteiger partial charge in [-0.15, -0.1) is 0 Å². The van der Waals surface area contributed by atoms with Crippen molar-refractivity contribution in [1.29, 1.82) is 0 Å². The number of carbonyl (C=O) groups is 2. The van der Waals surface area contributed by atoms with Crippen molar-refractivity contribution in [2.24, 2.45) is 0 Å². The van der Waals surface area contributed by atoms with Gasteiger partial charge in [0.25, 0.3) is 6.47 Å². The zero-order valence-corrected chi connectivity index (χ0v) is 15.0. The van der Waals surface area contributed by atoms with Crippen LogP contribution in [0.3, 0.4) is 0 Å². The molecule has 0 amide bonds. The van der Waals surface area contributed by atoms with E-state index in [1.165, 1.54) is 12.8 Å². The molecule has 2 aromatic carbocycles. The minimum Gasteiger partial charge on any atom is -0.494 e. The molecule has 5 heteroatoms. The monoisotopic (exact) mass is 356 g/mol. The molecule has 0 saturated carbocycles. The minimum absolute atomic E-state index is 0.0407. The van der Waals surface area contributed by atoms with E-state index >= 15 is 0 Å². The Bertz CT molecular complexity index is 677. The minimum atomic E-state index is -0.443. The Balaban J connectivity index is 1.89. The van der Waals surface area contributed by atoms with E-state index in [0.29, 0.717) is 12.0 Å². The maximum atomic E-state index is 11.9. The number of unbranched alkanes of at least 4 members (excludes halogenated alkanes) is 2. The van der Waals surface area contributed by atoms with Crippen LogP contribution in [0.15, 0.2) is 48.5 Å². The molecule has 0 spiro atoms. The number of rotatable bonds is 11. The van der Waals surface area contributed by atoms with E-state index in [9.17, 15) is 9.59 Å². The first-order valence-electron chi connectivity index (χ1n) is 8.80. The second kappa shape index (κ2) is 10.9. The summed E-state index contributed by atoms with van der Waals surface area (Å²) in [4.78, 5) is 21.9. The van der Waals surface area contributed by atoms with Gasteiger partial charge in [0.15, 0.2) is 0 Å². The largest absolute Gasteiger partial charge is 0.494 e. The van der Waals surface area contributed by atoms with E-state index in [1.807, 2.05) is 36.4 Å². The van der Waals surface area contributed by atoms with Gasteiger partial charge in [0.1, 0.15) is 19.0 Å². The van der Waals surface area contributed by atoms with Crippen LogP contribution in [0.1, 0.15) is 36.5 Å². The molecule has 0 aliphatic heterocycles. The van der Waals surface area contributed by atoms with E-state index in [4.69, 9.17) is 9.47 Å². The quantitative estimate of drug-likeness (QED) is 0.342. The molecule has 0 aliphatic carbocycles. The average Bonchev–Trinajstić information content (AvgIpc) is 2.69. The Morgan fingerprint density at radius 1 is 0.885 bits per heavy atom. The lowest BCUT2D eigenvalue weighted by atomic mass is 10.0. The van der Waals surface area contributed by atoms with Crippen LogP contribution in [-0.4, -0.2) is 32.3 Å². The molecule has 0 atom stereocenters. The maximum absolute atomic E-state index is 11.9. The topological polar surface area (TPSA) is 61.8 Å². The fraction of sp³-hybridized carbons (Fsp3) is 0.333. The van der Waals surface area contributed by atoms with E-state index in [1.54, 1.807) is 12.1 Å². The number of carbonyl (C=O) groups excluding carboxylic acids is 2. The maximum Gasteiger partial charge on any atom is 0.338 e. The highest BCUT2D eigenvalue weighted by molar-refractivity contribution is 5.90. The third-order valence-electron chi connectivity index (χ3n) is 3.83. The molecular weight excluding hydrogens is 332 g/mol. The predicted octanol–water partition coefficient (Wildman–Crippen LogP) is 4.25. The van der Waals surface area contributed by atoms with Crippen LogP contribution < -0.4 is 4.74 Å². The highest BCUT2D eigenvalue weighted by Crippen LogP contribution is 2.23. The smallest absolute Gasteiger partial charge is 0.338 e. The van der Waals surface area contributed by atoms with E-state index < -0.39 is 5.97 Å². The highest BCUT2D eigenvalue weighted by atomic mass is 16.6. The third-order valence-corrected chi connectivity index (χ3v) is 3.83. The van der Waals surface area contributed by atoms with Crippen molar-refractivity contribution in [1.82, 2.24) is 0 Å². The van der Waals surface area contributed by atoms with Gasteiger partial charge in [-0.25, -0.2) is 4.79 Å². The summed E-state index contributed by atoms with van der Waals surface area (Å²) in [6, 6.07) is 15.1. The molecule has 2 rings (SSSR count). The summed E-state index contributed by atoms with van der Waals surface area (Å²) in [5.74, 6) is 0.421. The molecule has 5 nitrogen and oxygen atoms in total. The molecule has 0 saturated heterocycles. The van der Waals surface area contributed by atoms with Crippen LogP contribution in [0.2, 0.25) is 0 Å². The Hall–Kier alpha value is -2.82. The van der Waals surface area contributed by atoms with Crippen molar-refractivity contribution in [3.63, 3.8) is 0 Å². The Labute approximate surface area is 153 Å². The van der Waals surface area contributed by atoms with E-state index in [0.717, 1.165) is 29.9 Å². The van der Waals surface area contributed by atoms with Gasteiger partial charge in [-0.1, -0.05) is 44.0 Å². The Morgan fingerprint density at radius 3 is 2.15 bits per heavy atom. The zero-order chi connectivity index (χ0) is 18.6. The molecule has 26 heavy (non-hydrogen) atoms. The predicted molar refractivity (Wildman–Crippen MR) is 99.2 cm³/mol. The highest BCUT2D eigenvalue weighted by Gasteiger charge is 2.07. The molecule has 0 N–H and O–H groups in total. The standard InChI is InChI=1S/C21H24O5/c1-2-3-4-13-25-20-11-9-18(10-12-20)17-5-7-19(8-6-17)21(23)26-15-14-24-16-22/h5-12,16H,2-4,13-15H2,1H3. The molecule has 0 radical (unpaired) electrons. The second-order valence-electron chi connectivity index (χ2n) is 5.76. The summed E-state index contributed by atoms with van der Waals surface area (Å²) < 4.78 is 15.2. The molecule has 0 bridgehead atoms. The van der Waals surface area contributed by atoms with Crippen molar-refractivity contribution in [3.8, 4) is 16.9 Å².